The Bertz CT molecular complexity index is 1280. The van der Waals surface area contributed by atoms with E-state index in [1.807, 2.05) is 49.4 Å². The highest BCUT2D eigenvalue weighted by atomic mass is 16.5. The van der Waals surface area contributed by atoms with Gasteiger partial charge in [0.2, 0.25) is 5.91 Å². The summed E-state index contributed by atoms with van der Waals surface area (Å²) in [6, 6.07) is 22.0. The van der Waals surface area contributed by atoms with Crippen molar-refractivity contribution in [3.05, 3.63) is 94.5 Å². The van der Waals surface area contributed by atoms with Gasteiger partial charge in [0.05, 0.1) is 29.6 Å². The van der Waals surface area contributed by atoms with Crippen LogP contribution in [0.3, 0.4) is 0 Å². The fourth-order valence-corrected chi connectivity index (χ4v) is 3.50. The quantitative estimate of drug-likeness (QED) is 0.512. The lowest BCUT2D eigenvalue weighted by Crippen LogP contribution is -2.22. The molecule has 1 N–H and O–H groups in total. The number of carbonyl (C=O) groups excluding carboxylic acids is 1. The van der Waals surface area contributed by atoms with E-state index in [-0.39, 0.29) is 17.9 Å². The number of carbonyl (C=O) groups is 1. The summed E-state index contributed by atoms with van der Waals surface area (Å²) in [5.74, 6) is 1.28. The minimum Gasteiger partial charge on any atom is -0.494 e. The molecule has 0 bridgehead atoms. The van der Waals surface area contributed by atoms with Gasteiger partial charge in [-0.3, -0.25) is 14.2 Å². The lowest BCUT2D eigenvalue weighted by molar-refractivity contribution is -0.115. The SMILES string of the molecule is CCOc1ccc(CC(=O)Nc2ccc(-n3c(C)nc4ccccc4c3=O)cc2)cc1. The predicted octanol–water partition coefficient (Wildman–Crippen LogP) is 4.27. The van der Waals surface area contributed by atoms with Crippen molar-refractivity contribution in [1.29, 1.82) is 0 Å². The van der Waals surface area contributed by atoms with Gasteiger partial charge in [0, 0.05) is 5.69 Å². The predicted molar refractivity (Wildman–Crippen MR) is 122 cm³/mol. The summed E-state index contributed by atoms with van der Waals surface area (Å²) in [5, 5.41) is 3.46. The molecule has 6 heteroatoms. The number of ether oxygens (including phenoxy) is 1. The van der Waals surface area contributed by atoms with Gasteiger partial charge in [0.1, 0.15) is 11.6 Å². The van der Waals surface area contributed by atoms with E-state index < -0.39 is 0 Å². The first-order valence-corrected chi connectivity index (χ1v) is 10.2. The highest BCUT2D eigenvalue weighted by Gasteiger charge is 2.10. The first-order chi connectivity index (χ1) is 15.0. The molecule has 31 heavy (non-hydrogen) atoms. The number of anilines is 1. The topological polar surface area (TPSA) is 73.2 Å². The highest BCUT2D eigenvalue weighted by Crippen LogP contribution is 2.17. The molecule has 0 atom stereocenters. The maximum atomic E-state index is 12.9. The molecule has 0 saturated heterocycles. The number of benzene rings is 3. The van der Waals surface area contributed by atoms with E-state index in [9.17, 15) is 9.59 Å². The Labute approximate surface area is 180 Å². The molecule has 0 fully saturated rings. The molecule has 0 aliphatic rings. The molecule has 156 valence electrons. The van der Waals surface area contributed by atoms with Crippen molar-refractivity contribution in [3.63, 3.8) is 0 Å². The number of nitrogens with one attached hydrogen (secondary N) is 1. The monoisotopic (exact) mass is 413 g/mol. The molecular weight excluding hydrogens is 390 g/mol. The van der Waals surface area contributed by atoms with Crippen LogP contribution in [-0.4, -0.2) is 22.1 Å². The van der Waals surface area contributed by atoms with Crippen molar-refractivity contribution in [2.24, 2.45) is 0 Å². The molecule has 1 heterocycles. The van der Waals surface area contributed by atoms with Gasteiger partial charge in [-0.2, -0.15) is 0 Å². The number of hydrogen-bond acceptors (Lipinski definition) is 4. The number of fused-ring (bicyclic) bond motifs is 1. The van der Waals surface area contributed by atoms with Crippen LogP contribution in [-0.2, 0) is 11.2 Å². The van der Waals surface area contributed by atoms with Gasteiger partial charge < -0.3 is 10.1 Å². The summed E-state index contributed by atoms with van der Waals surface area (Å²) in [4.78, 5) is 29.9. The molecule has 1 amide bonds. The molecule has 1 aromatic heterocycles. The first kappa shape index (κ1) is 20.3. The van der Waals surface area contributed by atoms with Gasteiger partial charge in [-0.25, -0.2) is 4.98 Å². The van der Waals surface area contributed by atoms with Gasteiger partial charge in [-0.1, -0.05) is 24.3 Å². The van der Waals surface area contributed by atoms with Crippen LogP contribution < -0.4 is 15.6 Å². The Morgan fingerprint density at radius 1 is 1.00 bits per heavy atom. The first-order valence-electron chi connectivity index (χ1n) is 10.2. The van der Waals surface area contributed by atoms with Crippen LogP contribution in [0, 0.1) is 6.92 Å². The molecule has 0 aliphatic carbocycles. The second kappa shape index (κ2) is 8.83. The van der Waals surface area contributed by atoms with Crippen molar-refractivity contribution < 1.29 is 9.53 Å². The fourth-order valence-electron chi connectivity index (χ4n) is 3.50. The van der Waals surface area contributed by atoms with Gasteiger partial charge in [-0.05, 0) is 67.9 Å². The van der Waals surface area contributed by atoms with E-state index in [1.165, 1.54) is 0 Å². The summed E-state index contributed by atoms with van der Waals surface area (Å²) < 4.78 is 7.00. The molecule has 0 spiro atoms. The van der Waals surface area contributed by atoms with E-state index in [0.29, 0.717) is 34.7 Å². The summed E-state index contributed by atoms with van der Waals surface area (Å²) in [7, 11) is 0. The molecule has 4 rings (SSSR count). The third kappa shape index (κ3) is 4.48. The maximum Gasteiger partial charge on any atom is 0.265 e. The highest BCUT2D eigenvalue weighted by molar-refractivity contribution is 5.92. The number of para-hydroxylation sites is 1. The number of aryl methyl sites for hydroxylation is 1. The van der Waals surface area contributed by atoms with E-state index in [1.54, 1.807) is 41.8 Å². The Hall–Kier alpha value is -3.93. The maximum absolute atomic E-state index is 12.9. The van der Waals surface area contributed by atoms with Crippen LogP contribution in [0.4, 0.5) is 5.69 Å². The molecule has 0 radical (unpaired) electrons. The number of amides is 1. The summed E-state index contributed by atoms with van der Waals surface area (Å²) in [6.45, 7) is 4.35. The minimum absolute atomic E-state index is 0.113. The van der Waals surface area contributed by atoms with E-state index in [0.717, 1.165) is 11.3 Å². The van der Waals surface area contributed by atoms with E-state index >= 15 is 0 Å². The zero-order valence-electron chi connectivity index (χ0n) is 17.5. The van der Waals surface area contributed by atoms with Crippen LogP contribution in [0.15, 0.2) is 77.6 Å². The lowest BCUT2D eigenvalue weighted by Gasteiger charge is -2.12. The number of hydrogen-bond donors (Lipinski definition) is 1. The van der Waals surface area contributed by atoms with Crippen LogP contribution in [0.2, 0.25) is 0 Å². The average molecular weight is 413 g/mol. The van der Waals surface area contributed by atoms with Gasteiger partial charge in [0.15, 0.2) is 0 Å². The normalized spacial score (nSPS) is 10.8. The number of nitrogens with zero attached hydrogens (tertiary/aromatic N) is 2. The van der Waals surface area contributed by atoms with Crippen molar-refractivity contribution in [2.45, 2.75) is 20.3 Å². The molecule has 0 aliphatic heterocycles. The Morgan fingerprint density at radius 3 is 2.42 bits per heavy atom. The van der Waals surface area contributed by atoms with Gasteiger partial charge in [-0.15, -0.1) is 0 Å². The second-order valence-corrected chi connectivity index (χ2v) is 7.17. The summed E-state index contributed by atoms with van der Waals surface area (Å²) in [6.07, 6.45) is 0.265. The zero-order valence-corrected chi connectivity index (χ0v) is 17.5. The summed E-state index contributed by atoms with van der Waals surface area (Å²) in [5.41, 5.74) is 2.83. The standard InChI is InChI=1S/C25H23N3O3/c1-3-31-21-14-8-18(9-15-21)16-24(29)27-19-10-12-20(13-11-19)28-17(2)26-23-7-5-4-6-22(23)25(28)30/h4-15H,3,16H2,1-2H3,(H,27,29). The average Bonchev–Trinajstić information content (AvgIpc) is 2.76. The molecule has 4 aromatic rings. The van der Waals surface area contributed by atoms with E-state index in [2.05, 4.69) is 10.3 Å². The Morgan fingerprint density at radius 2 is 1.71 bits per heavy atom. The largest absolute Gasteiger partial charge is 0.494 e. The van der Waals surface area contributed by atoms with Gasteiger partial charge in [0.25, 0.3) is 5.56 Å². The van der Waals surface area contributed by atoms with Crippen LogP contribution in [0.1, 0.15) is 18.3 Å². The number of rotatable bonds is 6. The van der Waals surface area contributed by atoms with Crippen molar-refractivity contribution in [2.75, 3.05) is 11.9 Å². The summed E-state index contributed by atoms with van der Waals surface area (Å²) >= 11 is 0. The third-order valence-corrected chi connectivity index (χ3v) is 4.95. The molecule has 0 saturated carbocycles. The van der Waals surface area contributed by atoms with E-state index in [4.69, 9.17) is 4.74 Å². The second-order valence-electron chi connectivity index (χ2n) is 7.17. The lowest BCUT2D eigenvalue weighted by atomic mass is 10.1. The molecule has 6 nitrogen and oxygen atoms in total. The Balaban J connectivity index is 1.49. The smallest absolute Gasteiger partial charge is 0.265 e. The number of aromatic nitrogens is 2. The Kier molecular flexibility index (Phi) is 5.80. The van der Waals surface area contributed by atoms with Crippen LogP contribution >= 0.6 is 0 Å². The third-order valence-electron chi connectivity index (χ3n) is 4.95. The molecular formula is C25H23N3O3. The van der Waals surface area contributed by atoms with Crippen molar-refractivity contribution in [1.82, 2.24) is 9.55 Å². The van der Waals surface area contributed by atoms with Crippen LogP contribution in [0.25, 0.3) is 16.6 Å². The van der Waals surface area contributed by atoms with Crippen molar-refractivity contribution in [3.8, 4) is 11.4 Å². The minimum atomic E-state index is -0.115. The van der Waals surface area contributed by atoms with Gasteiger partial charge >= 0.3 is 0 Å². The molecule has 3 aromatic carbocycles. The zero-order chi connectivity index (χ0) is 21.8. The molecule has 0 unspecified atom stereocenters. The van der Waals surface area contributed by atoms with Crippen molar-refractivity contribution >= 4 is 22.5 Å². The van der Waals surface area contributed by atoms with Crippen LogP contribution in [0.5, 0.6) is 5.75 Å². The fraction of sp³-hybridized carbons (Fsp3) is 0.160.